The zero-order valence-corrected chi connectivity index (χ0v) is 11.1. The Labute approximate surface area is 98.9 Å². The summed E-state index contributed by atoms with van der Waals surface area (Å²) in [5, 5.41) is 3.40. The van der Waals surface area contributed by atoms with E-state index in [9.17, 15) is 4.79 Å². The predicted octanol–water partition coefficient (Wildman–Crippen LogP) is 2.35. The summed E-state index contributed by atoms with van der Waals surface area (Å²) < 4.78 is 0. The van der Waals surface area contributed by atoms with Crippen LogP contribution in [0.4, 0.5) is 0 Å². The van der Waals surface area contributed by atoms with Gasteiger partial charge in [0.05, 0.1) is 6.67 Å². The van der Waals surface area contributed by atoms with E-state index in [2.05, 4.69) is 39.9 Å². The third-order valence-corrected chi connectivity index (χ3v) is 2.92. The highest BCUT2D eigenvalue weighted by molar-refractivity contribution is 5.95. The Hall–Kier alpha value is -0.990. The Morgan fingerprint density at radius 3 is 2.31 bits per heavy atom. The lowest BCUT2D eigenvalue weighted by Crippen LogP contribution is -2.47. The van der Waals surface area contributed by atoms with Gasteiger partial charge in [0.25, 0.3) is 5.91 Å². The number of hydrogen-bond acceptors (Lipinski definition) is 2. The second-order valence-corrected chi connectivity index (χ2v) is 5.04. The van der Waals surface area contributed by atoms with Crippen LogP contribution in [0.15, 0.2) is 11.3 Å². The van der Waals surface area contributed by atoms with Gasteiger partial charge in [-0.1, -0.05) is 34.6 Å². The highest BCUT2D eigenvalue weighted by atomic mass is 16.2. The smallest absolute Gasteiger partial charge is 0.253 e. The van der Waals surface area contributed by atoms with Crippen molar-refractivity contribution in [2.45, 2.75) is 41.0 Å². The minimum atomic E-state index is 0.222. The molecule has 1 amide bonds. The third kappa shape index (κ3) is 2.57. The van der Waals surface area contributed by atoms with Gasteiger partial charge >= 0.3 is 0 Å². The van der Waals surface area contributed by atoms with Gasteiger partial charge in [-0.25, -0.2) is 0 Å². The van der Waals surface area contributed by atoms with E-state index in [1.165, 1.54) is 0 Å². The molecule has 0 spiro atoms. The molecule has 0 atom stereocenters. The molecule has 3 heteroatoms. The first-order valence-electron chi connectivity index (χ1n) is 6.26. The Balaban J connectivity index is 3.00. The van der Waals surface area contributed by atoms with Gasteiger partial charge < -0.3 is 10.2 Å². The van der Waals surface area contributed by atoms with Gasteiger partial charge in [0.1, 0.15) is 0 Å². The maximum Gasteiger partial charge on any atom is 0.253 e. The third-order valence-electron chi connectivity index (χ3n) is 2.92. The summed E-state index contributed by atoms with van der Waals surface area (Å²) in [4.78, 5) is 14.2. The van der Waals surface area contributed by atoms with Crippen molar-refractivity contribution in [2.24, 2.45) is 11.8 Å². The first kappa shape index (κ1) is 13.1. The van der Waals surface area contributed by atoms with Crippen LogP contribution in [-0.2, 0) is 4.79 Å². The fraction of sp³-hybridized carbons (Fsp3) is 0.769. The summed E-state index contributed by atoms with van der Waals surface area (Å²) in [5.74, 6) is 0.904. The highest BCUT2D eigenvalue weighted by Crippen LogP contribution is 2.24. The van der Waals surface area contributed by atoms with Crippen LogP contribution in [0.25, 0.3) is 0 Å². The maximum absolute atomic E-state index is 12.3. The molecule has 92 valence electrons. The van der Waals surface area contributed by atoms with Gasteiger partial charge in [-0.15, -0.1) is 0 Å². The Bertz CT molecular complexity index is 292. The number of carbonyl (C=O) groups is 1. The summed E-state index contributed by atoms with van der Waals surface area (Å²) >= 11 is 0. The molecule has 0 aromatic rings. The number of nitrogens with zero attached hydrogens (tertiary/aromatic N) is 1. The van der Waals surface area contributed by atoms with Crippen LogP contribution in [0.2, 0.25) is 0 Å². The quantitative estimate of drug-likeness (QED) is 0.795. The molecule has 0 saturated carbocycles. The average Bonchev–Trinajstić information content (AvgIpc) is 2.20. The van der Waals surface area contributed by atoms with Crippen LogP contribution in [0.5, 0.6) is 0 Å². The van der Waals surface area contributed by atoms with Crippen molar-refractivity contribution in [2.75, 3.05) is 13.2 Å². The van der Waals surface area contributed by atoms with Crippen LogP contribution >= 0.6 is 0 Å². The molecule has 0 fully saturated rings. The molecule has 0 radical (unpaired) electrons. The van der Waals surface area contributed by atoms with Gasteiger partial charge in [0.15, 0.2) is 0 Å². The molecule has 0 bridgehead atoms. The lowest BCUT2D eigenvalue weighted by molar-refractivity contribution is -0.129. The van der Waals surface area contributed by atoms with Crippen LogP contribution in [0.3, 0.4) is 0 Å². The molecule has 0 aromatic carbocycles. The molecular formula is C13H24N2O. The van der Waals surface area contributed by atoms with Crippen molar-refractivity contribution in [3.8, 4) is 0 Å². The van der Waals surface area contributed by atoms with Crippen LogP contribution in [0, 0.1) is 11.8 Å². The van der Waals surface area contributed by atoms with Crippen molar-refractivity contribution >= 4 is 5.91 Å². The van der Waals surface area contributed by atoms with Crippen LogP contribution in [-0.4, -0.2) is 24.0 Å². The van der Waals surface area contributed by atoms with E-state index in [1.807, 2.05) is 4.90 Å². The molecule has 1 aliphatic heterocycles. The summed E-state index contributed by atoms with van der Waals surface area (Å²) in [7, 11) is 0. The molecule has 0 aromatic heterocycles. The monoisotopic (exact) mass is 224 g/mol. The van der Waals surface area contributed by atoms with Gasteiger partial charge in [-0.3, -0.25) is 4.79 Å². The fourth-order valence-corrected chi connectivity index (χ4v) is 2.16. The van der Waals surface area contributed by atoms with Crippen molar-refractivity contribution in [1.82, 2.24) is 10.2 Å². The number of nitrogens with one attached hydrogen (secondary N) is 1. The van der Waals surface area contributed by atoms with Crippen molar-refractivity contribution < 1.29 is 4.79 Å². The molecule has 1 rings (SSSR count). The Kier molecular flexibility index (Phi) is 4.39. The number of carbonyl (C=O) groups excluding carboxylic acids is 1. The van der Waals surface area contributed by atoms with E-state index < -0.39 is 0 Å². The highest BCUT2D eigenvalue weighted by Gasteiger charge is 2.28. The second-order valence-electron chi connectivity index (χ2n) is 5.04. The second kappa shape index (κ2) is 5.37. The molecule has 16 heavy (non-hydrogen) atoms. The normalized spacial score (nSPS) is 17.4. The summed E-state index contributed by atoms with van der Waals surface area (Å²) in [6, 6.07) is 0. The molecule has 1 aliphatic rings. The Morgan fingerprint density at radius 1 is 1.25 bits per heavy atom. The largest absolute Gasteiger partial charge is 0.370 e. The lowest BCUT2D eigenvalue weighted by atomic mass is 9.93. The van der Waals surface area contributed by atoms with E-state index in [0.29, 0.717) is 12.6 Å². The van der Waals surface area contributed by atoms with E-state index in [-0.39, 0.29) is 11.8 Å². The molecule has 3 nitrogen and oxygen atoms in total. The van der Waals surface area contributed by atoms with Gasteiger partial charge in [-0.2, -0.15) is 0 Å². The standard InChI is InChI=1S/C13H24N2O/c1-6-7-15-8-14-12(10(4)5)11(9(2)3)13(15)16/h9-10,14H,6-8H2,1-5H3. The molecule has 0 aliphatic carbocycles. The van der Waals surface area contributed by atoms with Gasteiger partial charge in [-0.05, 0) is 18.3 Å². The zero-order valence-electron chi connectivity index (χ0n) is 11.1. The SMILES string of the molecule is CCCN1CNC(C(C)C)=C(C(C)C)C1=O. The van der Waals surface area contributed by atoms with Crippen LogP contribution < -0.4 is 5.32 Å². The molecule has 0 unspecified atom stereocenters. The number of rotatable bonds is 4. The van der Waals surface area contributed by atoms with Crippen LogP contribution in [0.1, 0.15) is 41.0 Å². The zero-order chi connectivity index (χ0) is 12.3. The van der Waals surface area contributed by atoms with E-state index >= 15 is 0 Å². The molecule has 1 heterocycles. The minimum Gasteiger partial charge on any atom is -0.370 e. The first-order valence-corrected chi connectivity index (χ1v) is 6.26. The fourth-order valence-electron chi connectivity index (χ4n) is 2.16. The van der Waals surface area contributed by atoms with Gasteiger partial charge in [0.2, 0.25) is 0 Å². The Morgan fingerprint density at radius 2 is 1.88 bits per heavy atom. The van der Waals surface area contributed by atoms with E-state index in [1.54, 1.807) is 0 Å². The maximum atomic E-state index is 12.3. The number of allylic oxidation sites excluding steroid dienone is 1. The first-order chi connectivity index (χ1) is 7.49. The minimum absolute atomic E-state index is 0.222. The lowest BCUT2D eigenvalue weighted by Gasteiger charge is -2.34. The van der Waals surface area contributed by atoms with E-state index in [0.717, 1.165) is 24.2 Å². The number of hydrogen-bond donors (Lipinski definition) is 1. The van der Waals surface area contributed by atoms with Gasteiger partial charge in [0, 0.05) is 17.8 Å². The van der Waals surface area contributed by atoms with E-state index in [4.69, 9.17) is 0 Å². The molecular weight excluding hydrogens is 200 g/mol. The predicted molar refractivity (Wildman–Crippen MR) is 66.7 cm³/mol. The number of amides is 1. The average molecular weight is 224 g/mol. The molecule has 1 N–H and O–H groups in total. The summed E-state index contributed by atoms with van der Waals surface area (Å²) in [6.45, 7) is 12.0. The molecule has 0 saturated heterocycles. The van der Waals surface area contributed by atoms with Crippen molar-refractivity contribution in [1.29, 1.82) is 0 Å². The summed E-state index contributed by atoms with van der Waals surface area (Å²) in [6.07, 6.45) is 1.01. The van der Waals surface area contributed by atoms with Crippen molar-refractivity contribution in [3.05, 3.63) is 11.3 Å². The van der Waals surface area contributed by atoms with Crippen molar-refractivity contribution in [3.63, 3.8) is 0 Å². The summed E-state index contributed by atoms with van der Waals surface area (Å²) in [5.41, 5.74) is 2.10. The topological polar surface area (TPSA) is 32.3 Å².